The van der Waals surface area contributed by atoms with Crippen molar-refractivity contribution in [1.29, 1.82) is 5.26 Å². The molecule has 0 spiro atoms. The number of benzene rings is 1. The molecule has 5 heteroatoms. The molecule has 0 amide bonds. The molecule has 1 unspecified atom stereocenters. The van der Waals surface area contributed by atoms with Crippen LogP contribution in [0.25, 0.3) is 0 Å². The normalized spacial score (nSPS) is 12.1. The third-order valence-electron chi connectivity index (χ3n) is 2.78. The Labute approximate surface area is 121 Å². The first-order chi connectivity index (χ1) is 9.10. The van der Waals surface area contributed by atoms with E-state index in [1.807, 2.05) is 25.1 Å². The second-order valence-corrected chi connectivity index (χ2v) is 4.99. The molecule has 98 valence electrons. The summed E-state index contributed by atoms with van der Waals surface area (Å²) in [6.45, 7) is 2.53. The lowest BCUT2D eigenvalue weighted by Crippen LogP contribution is -2.18. The monoisotopic (exact) mass is 294 g/mol. The minimum absolute atomic E-state index is 0.0559. The van der Waals surface area contributed by atoms with Gasteiger partial charge in [0, 0.05) is 16.1 Å². The molecular weight excluding hydrogens is 283 g/mol. The van der Waals surface area contributed by atoms with Gasteiger partial charge in [-0.2, -0.15) is 5.26 Å². The van der Waals surface area contributed by atoms with Gasteiger partial charge in [0.2, 0.25) is 5.76 Å². The summed E-state index contributed by atoms with van der Waals surface area (Å²) in [5.74, 6) is 1.03. The lowest BCUT2D eigenvalue weighted by Gasteiger charge is -2.15. The van der Waals surface area contributed by atoms with E-state index in [4.69, 9.17) is 32.9 Å². The van der Waals surface area contributed by atoms with Crippen molar-refractivity contribution in [3.8, 4) is 6.07 Å². The van der Waals surface area contributed by atoms with Gasteiger partial charge in [-0.15, -0.1) is 0 Å². The van der Waals surface area contributed by atoms with Crippen molar-refractivity contribution < 1.29 is 4.42 Å². The number of furan rings is 1. The van der Waals surface area contributed by atoms with E-state index in [0.717, 1.165) is 5.56 Å². The Kier molecular flexibility index (Phi) is 4.49. The fourth-order valence-corrected chi connectivity index (χ4v) is 2.32. The van der Waals surface area contributed by atoms with E-state index in [0.29, 0.717) is 28.1 Å². The summed E-state index contributed by atoms with van der Waals surface area (Å²) in [7, 11) is 0. The number of nitrogens with one attached hydrogen (secondary N) is 1. The highest BCUT2D eigenvalue weighted by molar-refractivity contribution is 6.35. The molecule has 0 radical (unpaired) electrons. The maximum Gasteiger partial charge on any atom is 0.203 e. The van der Waals surface area contributed by atoms with Gasteiger partial charge in [0.1, 0.15) is 11.8 Å². The van der Waals surface area contributed by atoms with Crippen LogP contribution in [0.1, 0.15) is 30.0 Å². The zero-order valence-electron chi connectivity index (χ0n) is 10.3. The number of rotatable bonds is 4. The second-order valence-electron chi connectivity index (χ2n) is 4.15. The number of halogens is 2. The van der Waals surface area contributed by atoms with Crippen LogP contribution in [0.5, 0.6) is 0 Å². The van der Waals surface area contributed by atoms with Gasteiger partial charge in [0.05, 0.1) is 6.54 Å². The quantitative estimate of drug-likeness (QED) is 0.914. The molecular formula is C14H12Cl2N2O. The van der Waals surface area contributed by atoms with Crippen LogP contribution < -0.4 is 5.32 Å². The number of hydrogen-bond acceptors (Lipinski definition) is 3. The maximum atomic E-state index is 8.67. The zero-order valence-corrected chi connectivity index (χ0v) is 11.8. The van der Waals surface area contributed by atoms with Crippen LogP contribution in [0.2, 0.25) is 10.0 Å². The van der Waals surface area contributed by atoms with E-state index in [1.165, 1.54) is 0 Å². The SMILES string of the molecule is CC(NCc1ccc(C#N)o1)c1ccc(Cl)cc1Cl. The number of nitrogens with zero attached hydrogens (tertiary/aromatic N) is 1. The van der Waals surface area contributed by atoms with E-state index >= 15 is 0 Å². The average molecular weight is 295 g/mol. The van der Waals surface area contributed by atoms with Gasteiger partial charge < -0.3 is 9.73 Å². The first-order valence-electron chi connectivity index (χ1n) is 5.77. The first kappa shape index (κ1) is 14.0. The number of hydrogen-bond donors (Lipinski definition) is 1. The average Bonchev–Trinajstić information content (AvgIpc) is 2.84. The van der Waals surface area contributed by atoms with Gasteiger partial charge in [-0.25, -0.2) is 0 Å². The lowest BCUT2D eigenvalue weighted by molar-refractivity contribution is 0.453. The van der Waals surface area contributed by atoms with Crippen LogP contribution in [-0.2, 0) is 6.54 Å². The fraction of sp³-hybridized carbons (Fsp3) is 0.214. The molecule has 1 aromatic carbocycles. The molecule has 0 bridgehead atoms. The molecule has 2 rings (SSSR count). The van der Waals surface area contributed by atoms with Crippen LogP contribution in [0.15, 0.2) is 34.7 Å². The lowest BCUT2D eigenvalue weighted by atomic mass is 10.1. The Morgan fingerprint density at radius 2 is 2.11 bits per heavy atom. The molecule has 0 aliphatic heterocycles. The molecule has 2 aromatic rings. The predicted octanol–water partition coefficient (Wildman–Crippen LogP) is 4.31. The van der Waals surface area contributed by atoms with Gasteiger partial charge in [-0.1, -0.05) is 29.3 Å². The molecule has 0 aliphatic rings. The molecule has 1 heterocycles. The molecule has 0 aliphatic carbocycles. The van der Waals surface area contributed by atoms with Crippen molar-refractivity contribution in [3.63, 3.8) is 0 Å². The molecule has 1 atom stereocenters. The zero-order chi connectivity index (χ0) is 13.8. The van der Waals surface area contributed by atoms with E-state index in [2.05, 4.69) is 5.32 Å². The van der Waals surface area contributed by atoms with E-state index in [9.17, 15) is 0 Å². The van der Waals surface area contributed by atoms with Gasteiger partial charge in [-0.05, 0) is 36.8 Å². The summed E-state index contributed by atoms with van der Waals surface area (Å²) in [5, 5.41) is 13.2. The number of nitriles is 1. The van der Waals surface area contributed by atoms with Crippen molar-refractivity contribution in [2.24, 2.45) is 0 Å². The third kappa shape index (κ3) is 3.51. The summed E-state index contributed by atoms with van der Waals surface area (Å²) in [6, 6.07) is 10.9. The third-order valence-corrected chi connectivity index (χ3v) is 3.35. The van der Waals surface area contributed by atoms with Gasteiger partial charge in [0.25, 0.3) is 0 Å². The second kappa shape index (κ2) is 6.12. The topological polar surface area (TPSA) is 49.0 Å². The van der Waals surface area contributed by atoms with Crippen molar-refractivity contribution in [3.05, 3.63) is 57.5 Å². The van der Waals surface area contributed by atoms with E-state index < -0.39 is 0 Å². The summed E-state index contributed by atoms with van der Waals surface area (Å²) in [5.41, 5.74) is 0.970. The summed E-state index contributed by atoms with van der Waals surface area (Å²) in [6.07, 6.45) is 0. The maximum absolute atomic E-state index is 8.67. The Balaban J connectivity index is 2.01. The Hall–Kier alpha value is -1.47. The van der Waals surface area contributed by atoms with Crippen LogP contribution in [0.3, 0.4) is 0 Å². The summed E-state index contributed by atoms with van der Waals surface area (Å²) >= 11 is 12.0. The highest BCUT2D eigenvalue weighted by Gasteiger charge is 2.10. The van der Waals surface area contributed by atoms with E-state index in [1.54, 1.807) is 18.2 Å². The highest BCUT2D eigenvalue weighted by atomic mass is 35.5. The molecule has 3 nitrogen and oxygen atoms in total. The van der Waals surface area contributed by atoms with Crippen LogP contribution in [0.4, 0.5) is 0 Å². The minimum atomic E-state index is 0.0559. The van der Waals surface area contributed by atoms with Crippen molar-refractivity contribution >= 4 is 23.2 Å². The van der Waals surface area contributed by atoms with Crippen molar-refractivity contribution in [2.45, 2.75) is 19.5 Å². The molecule has 0 fully saturated rings. The van der Waals surface area contributed by atoms with Crippen LogP contribution >= 0.6 is 23.2 Å². The standard InChI is InChI=1S/C14H12Cl2N2O/c1-9(13-5-2-10(15)6-14(13)16)18-8-12-4-3-11(7-17)19-12/h2-6,9,18H,8H2,1H3. The molecule has 1 N–H and O–H groups in total. The van der Waals surface area contributed by atoms with Crippen molar-refractivity contribution in [1.82, 2.24) is 5.32 Å². The predicted molar refractivity (Wildman–Crippen MR) is 75.1 cm³/mol. The van der Waals surface area contributed by atoms with Crippen molar-refractivity contribution in [2.75, 3.05) is 0 Å². The summed E-state index contributed by atoms with van der Waals surface area (Å²) in [4.78, 5) is 0. The van der Waals surface area contributed by atoms with Crippen LogP contribution in [-0.4, -0.2) is 0 Å². The smallest absolute Gasteiger partial charge is 0.203 e. The largest absolute Gasteiger partial charge is 0.449 e. The fourth-order valence-electron chi connectivity index (χ4n) is 1.75. The summed E-state index contributed by atoms with van der Waals surface area (Å²) < 4.78 is 5.29. The molecule has 1 aromatic heterocycles. The first-order valence-corrected chi connectivity index (χ1v) is 6.53. The molecule has 0 saturated carbocycles. The molecule has 19 heavy (non-hydrogen) atoms. The minimum Gasteiger partial charge on any atom is -0.449 e. The Bertz CT molecular complexity index is 616. The Morgan fingerprint density at radius 3 is 2.74 bits per heavy atom. The van der Waals surface area contributed by atoms with Gasteiger partial charge >= 0.3 is 0 Å². The van der Waals surface area contributed by atoms with Gasteiger partial charge in [-0.3, -0.25) is 0 Å². The van der Waals surface area contributed by atoms with Gasteiger partial charge in [0.15, 0.2) is 0 Å². The van der Waals surface area contributed by atoms with E-state index in [-0.39, 0.29) is 6.04 Å². The Morgan fingerprint density at radius 1 is 1.32 bits per heavy atom. The van der Waals surface area contributed by atoms with Crippen LogP contribution in [0, 0.1) is 11.3 Å². The highest BCUT2D eigenvalue weighted by Crippen LogP contribution is 2.26. The molecule has 0 saturated heterocycles.